The van der Waals surface area contributed by atoms with Gasteiger partial charge in [-0.15, -0.1) is 10.2 Å². The standard InChI is InChI=1S/C14H12F2N4O2S/c15-14(16)22-11-3-1-9(2-4-11)12(21)7-20-18-13(17-19-20)10-5-6-23-8-10/h1-6,8,12,14,21H,7H2/t12-/m1/s1. The Kier molecular flexibility index (Phi) is 4.58. The zero-order valence-electron chi connectivity index (χ0n) is 11.7. The summed E-state index contributed by atoms with van der Waals surface area (Å²) in [5.74, 6) is 0.522. The molecule has 0 radical (unpaired) electrons. The number of alkyl halides is 2. The molecule has 0 saturated carbocycles. The molecule has 0 spiro atoms. The Labute approximate surface area is 134 Å². The van der Waals surface area contributed by atoms with Gasteiger partial charge in [0.2, 0.25) is 5.82 Å². The molecule has 3 aromatic rings. The number of ether oxygens (including phenoxy) is 1. The molecule has 0 aliphatic rings. The second kappa shape index (κ2) is 6.80. The smallest absolute Gasteiger partial charge is 0.387 e. The molecule has 0 saturated heterocycles. The molecule has 9 heteroatoms. The molecule has 2 heterocycles. The van der Waals surface area contributed by atoms with Crippen molar-refractivity contribution in [3.05, 3.63) is 46.7 Å². The maximum absolute atomic E-state index is 12.1. The number of hydrogen-bond acceptors (Lipinski definition) is 6. The Morgan fingerprint density at radius 3 is 2.65 bits per heavy atom. The molecule has 0 amide bonds. The van der Waals surface area contributed by atoms with Crippen molar-refractivity contribution in [1.29, 1.82) is 0 Å². The number of halogens is 2. The zero-order valence-corrected chi connectivity index (χ0v) is 12.5. The number of tetrazole rings is 1. The Bertz CT molecular complexity index is 746. The second-order valence-electron chi connectivity index (χ2n) is 4.64. The minimum atomic E-state index is -2.87. The summed E-state index contributed by atoms with van der Waals surface area (Å²) in [5.41, 5.74) is 1.41. The van der Waals surface area contributed by atoms with Crippen LogP contribution in [0.25, 0.3) is 11.4 Å². The van der Waals surface area contributed by atoms with Crippen LogP contribution < -0.4 is 4.74 Å². The lowest BCUT2D eigenvalue weighted by Crippen LogP contribution is -2.11. The lowest BCUT2D eigenvalue weighted by Gasteiger charge is -2.11. The van der Waals surface area contributed by atoms with Gasteiger partial charge in [-0.1, -0.05) is 12.1 Å². The minimum Gasteiger partial charge on any atom is -0.435 e. The summed E-state index contributed by atoms with van der Waals surface area (Å²) in [6, 6.07) is 7.65. The molecule has 3 rings (SSSR count). The van der Waals surface area contributed by atoms with E-state index in [0.717, 1.165) is 5.56 Å². The van der Waals surface area contributed by atoms with Crippen molar-refractivity contribution >= 4 is 11.3 Å². The van der Waals surface area contributed by atoms with Gasteiger partial charge >= 0.3 is 6.61 Å². The van der Waals surface area contributed by atoms with E-state index >= 15 is 0 Å². The lowest BCUT2D eigenvalue weighted by atomic mass is 10.1. The summed E-state index contributed by atoms with van der Waals surface area (Å²) in [6.07, 6.45) is -0.889. The minimum absolute atomic E-state index is 0.0366. The molecular weight excluding hydrogens is 326 g/mol. The van der Waals surface area contributed by atoms with Crippen LogP contribution in [-0.4, -0.2) is 31.9 Å². The normalized spacial score (nSPS) is 12.5. The molecule has 0 unspecified atom stereocenters. The Morgan fingerprint density at radius 1 is 1.22 bits per heavy atom. The maximum atomic E-state index is 12.1. The van der Waals surface area contributed by atoms with Gasteiger partial charge in [0.05, 0.1) is 6.54 Å². The van der Waals surface area contributed by atoms with Crippen LogP contribution in [0.2, 0.25) is 0 Å². The summed E-state index contributed by atoms with van der Waals surface area (Å²) in [7, 11) is 0. The maximum Gasteiger partial charge on any atom is 0.387 e. The molecule has 1 N–H and O–H groups in total. The van der Waals surface area contributed by atoms with Crippen LogP contribution in [0, 0.1) is 0 Å². The van der Waals surface area contributed by atoms with Crippen molar-refractivity contribution in [2.24, 2.45) is 0 Å². The number of aliphatic hydroxyl groups is 1. The van der Waals surface area contributed by atoms with E-state index in [4.69, 9.17) is 0 Å². The number of benzene rings is 1. The molecule has 23 heavy (non-hydrogen) atoms. The number of thiophene rings is 1. The Hall–Kier alpha value is -2.39. The molecule has 1 aromatic carbocycles. The van der Waals surface area contributed by atoms with Gasteiger partial charge in [-0.05, 0) is 34.4 Å². The van der Waals surface area contributed by atoms with Crippen molar-refractivity contribution in [3.8, 4) is 17.1 Å². The van der Waals surface area contributed by atoms with Crippen molar-refractivity contribution < 1.29 is 18.6 Å². The second-order valence-corrected chi connectivity index (χ2v) is 5.42. The molecule has 0 aliphatic heterocycles. The van der Waals surface area contributed by atoms with Crippen LogP contribution in [0.15, 0.2) is 41.1 Å². The predicted octanol–water partition coefficient (Wildman–Crippen LogP) is 2.74. The highest BCUT2D eigenvalue weighted by Gasteiger charge is 2.13. The number of aromatic nitrogens is 4. The van der Waals surface area contributed by atoms with Gasteiger partial charge in [0.1, 0.15) is 11.9 Å². The third-order valence-corrected chi connectivity index (χ3v) is 3.74. The van der Waals surface area contributed by atoms with Crippen LogP contribution in [0.5, 0.6) is 5.75 Å². The van der Waals surface area contributed by atoms with Crippen LogP contribution >= 0.6 is 11.3 Å². The van der Waals surface area contributed by atoms with E-state index in [-0.39, 0.29) is 12.3 Å². The van der Waals surface area contributed by atoms with Gasteiger partial charge in [0, 0.05) is 10.9 Å². The summed E-state index contributed by atoms with van der Waals surface area (Å²) in [5, 5.41) is 26.0. The molecular formula is C14H12F2N4O2S. The molecule has 120 valence electrons. The number of hydrogen-bond donors (Lipinski definition) is 1. The van der Waals surface area contributed by atoms with E-state index in [2.05, 4.69) is 20.1 Å². The zero-order chi connectivity index (χ0) is 16.2. The van der Waals surface area contributed by atoms with Gasteiger partial charge in [0.15, 0.2) is 0 Å². The summed E-state index contributed by atoms with van der Waals surface area (Å²) in [4.78, 5) is 1.29. The van der Waals surface area contributed by atoms with E-state index in [0.29, 0.717) is 11.4 Å². The highest BCUT2D eigenvalue weighted by atomic mass is 32.1. The first-order valence-electron chi connectivity index (χ1n) is 6.65. The first-order chi connectivity index (χ1) is 11.1. The molecule has 0 aliphatic carbocycles. The molecule has 0 bridgehead atoms. The SMILES string of the molecule is O[C@H](Cn1nnc(-c2ccsc2)n1)c1ccc(OC(F)F)cc1. The van der Waals surface area contributed by atoms with Crippen LogP contribution in [0.3, 0.4) is 0 Å². The van der Waals surface area contributed by atoms with Crippen molar-refractivity contribution in [2.45, 2.75) is 19.3 Å². The van der Waals surface area contributed by atoms with Gasteiger partial charge < -0.3 is 9.84 Å². The Morgan fingerprint density at radius 2 is 2.00 bits per heavy atom. The average Bonchev–Trinajstić information content (AvgIpc) is 3.18. The first kappa shape index (κ1) is 15.5. The van der Waals surface area contributed by atoms with Gasteiger partial charge in [-0.3, -0.25) is 0 Å². The van der Waals surface area contributed by atoms with Gasteiger partial charge in [-0.25, -0.2) is 0 Å². The van der Waals surface area contributed by atoms with Crippen molar-refractivity contribution in [3.63, 3.8) is 0 Å². The van der Waals surface area contributed by atoms with E-state index in [9.17, 15) is 13.9 Å². The van der Waals surface area contributed by atoms with Crippen LogP contribution in [-0.2, 0) is 6.54 Å². The summed E-state index contributed by atoms with van der Waals surface area (Å²) < 4.78 is 28.4. The van der Waals surface area contributed by atoms with Gasteiger partial charge in [0.25, 0.3) is 0 Å². The fourth-order valence-corrected chi connectivity index (χ4v) is 2.59. The van der Waals surface area contributed by atoms with E-state index < -0.39 is 12.7 Å². The van der Waals surface area contributed by atoms with E-state index in [1.807, 2.05) is 16.8 Å². The fraction of sp³-hybridized carbons (Fsp3) is 0.214. The van der Waals surface area contributed by atoms with Crippen molar-refractivity contribution in [1.82, 2.24) is 20.2 Å². The largest absolute Gasteiger partial charge is 0.435 e. The van der Waals surface area contributed by atoms with E-state index in [1.54, 1.807) is 0 Å². The topological polar surface area (TPSA) is 73.1 Å². The Balaban J connectivity index is 1.66. The highest BCUT2D eigenvalue weighted by molar-refractivity contribution is 7.08. The summed E-state index contributed by atoms with van der Waals surface area (Å²) >= 11 is 1.53. The fourth-order valence-electron chi connectivity index (χ4n) is 1.96. The monoisotopic (exact) mass is 338 g/mol. The third-order valence-electron chi connectivity index (χ3n) is 3.06. The molecule has 6 nitrogen and oxygen atoms in total. The first-order valence-corrected chi connectivity index (χ1v) is 7.59. The molecule has 1 atom stereocenters. The summed E-state index contributed by atoms with van der Waals surface area (Å²) in [6.45, 7) is -2.77. The average molecular weight is 338 g/mol. The van der Waals surface area contributed by atoms with E-state index in [1.165, 1.54) is 40.4 Å². The molecule has 0 fully saturated rings. The highest BCUT2D eigenvalue weighted by Crippen LogP contribution is 2.21. The van der Waals surface area contributed by atoms with Gasteiger partial charge in [-0.2, -0.15) is 24.9 Å². The lowest BCUT2D eigenvalue weighted by molar-refractivity contribution is -0.0498. The molecule has 2 aromatic heterocycles. The third kappa shape index (κ3) is 3.88. The van der Waals surface area contributed by atoms with Crippen LogP contribution in [0.4, 0.5) is 8.78 Å². The predicted molar refractivity (Wildman–Crippen MR) is 79.2 cm³/mol. The number of aliphatic hydroxyl groups excluding tert-OH is 1. The number of rotatable bonds is 6. The number of nitrogens with zero attached hydrogens (tertiary/aromatic N) is 4. The van der Waals surface area contributed by atoms with Crippen LogP contribution in [0.1, 0.15) is 11.7 Å². The quantitative estimate of drug-likeness (QED) is 0.748. The van der Waals surface area contributed by atoms with Crippen molar-refractivity contribution in [2.75, 3.05) is 0 Å².